The summed E-state index contributed by atoms with van der Waals surface area (Å²) >= 11 is 0. The number of primary amides is 1. The quantitative estimate of drug-likeness (QED) is 0.880. The fraction of sp³-hybridized carbons (Fsp3) is 0.667. The molecule has 2 aliphatic rings. The lowest BCUT2D eigenvalue weighted by Gasteiger charge is -2.36. The SMILES string of the molecule is Cc1nc(CC2CCCN(C(=O)C3CCOCC3)C2)cc(C(N)=O)n1. The smallest absolute Gasteiger partial charge is 0.267 e. The van der Waals surface area contributed by atoms with Gasteiger partial charge in [0, 0.05) is 37.9 Å². The Kier molecular flexibility index (Phi) is 5.63. The highest BCUT2D eigenvalue weighted by atomic mass is 16.5. The molecule has 3 rings (SSSR count). The van der Waals surface area contributed by atoms with Gasteiger partial charge in [-0.2, -0.15) is 0 Å². The largest absolute Gasteiger partial charge is 0.381 e. The van der Waals surface area contributed by atoms with Crippen molar-refractivity contribution in [2.75, 3.05) is 26.3 Å². The molecular weight excluding hydrogens is 320 g/mol. The molecule has 0 saturated carbocycles. The minimum Gasteiger partial charge on any atom is -0.381 e. The Morgan fingerprint density at radius 1 is 1.28 bits per heavy atom. The average molecular weight is 346 g/mol. The molecule has 2 fully saturated rings. The number of hydrogen-bond donors (Lipinski definition) is 1. The summed E-state index contributed by atoms with van der Waals surface area (Å²) in [6.07, 6.45) is 4.46. The number of aryl methyl sites for hydroxylation is 1. The standard InChI is InChI=1S/C18H26N4O3/c1-12-20-15(10-16(21-12)17(19)23)9-13-3-2-6-22(11-13)18(24)14-4-7-25-8-5-14/h10,13-14H,2-9,11H2,1H3,(H2,19,23). The second-order valence-electron chi connectivity index (χ2n) is 7.04. The van der Waals surface area contributed by atoms with Crippen molar-refractivity contribution in [3.8, 4) is 0 Å². The second-order valence-corrected chi connectivity index (χ2v) is 7.04. The van der Waals surface area contributed by atoms with Gasteiger partial charge in [-0.05, 0) is 51.0 Å². The Bertz CT molecular complexity index is 643. The maximum atomic E-state index is 12.7. The molecule has 136 valence electrons. The van der Waals surface area contributed by atoms with Gasteiger partial charge in [0.1, 0.15) is 11.5 Å². The van der Waals surface area contributed by atoms with Crippen LogP contribution in [0.25, 0.3) is 0 Å². The fourth-order valence-corrected chi connectivity index (χ4v) is 3.79. The zero-order valence-electron chi connectivity index (χ0n) is 14.7. The lowest BCUT2D eigenvalue weighted by molar-refractivity contribution is -0.140. The first-order valence-electron chi connectivity index (χ1n) is 9.04. The van der Waals surface area contributed by atoms with E-state index in [9.17, 15) is 9.59 Å². The zero-order valence-corrected chi connectivity index (χ0v) is 14.7. The third-order valence-corrected chi connectivity index (χ3v) is 5.04. The Morgan fingerprint density at radius 3 is 2.76 bits per heavy atom. The van der Waals surface area contributed by atoms with Crippen molar-refractivity contribution in [3.05, 3.63) is 23.3 Å². The van der Waals surface area contributed by atoms with Gasteiger partial charge in [-0.1, -0.05) is 0 Å². The number of rotatable bonds is 4. The highest BCUT2D eigenvalue weighted by molar-refractivity contribution is 5.90. The minimum absolute atomic E-state index is 0.107. The summed E-state index contributed by atoms with van der Waals surface area (Å²) in [4.78, 5) is 34.6. The fourth-order valence-electron chi connectivity index (χ4n) is 3.79. The lowest BCUT2D eigenvalue weighted by Crippen LogP contribution is -2.44. The van der Waals surface area contributed by atoms with Crippen molar-refractivity contribution in [1.82, 2.24) is 14.9 Å². The number of amides is 2. The third kappa shape index (κ3) is 4.54. The number of likely N-dealkylation sites (tertiary alicyclic amines) is 1. The van der Waals surface area contributed by atoms with Crippen LogP contribution in [0.1, 0.15) is 47.7 Å². The van der Waals surface area contributed by atoms with Gasteiger partial charge in [-0.25, -0.2) is 9.97 Å². The highest BCUT2D eigenvalue weighted by Gasteiger charge is 2.30. The maximum absolute atomic E-state index is 12.7. The predicted molar refractivity (Wildman–Crippen MR) is 91.8 cm³/mol. The van der Waals surface area contributed by atoms with Gasteiger partial charge in [0.05, 0.1) is 0 Å². The van der Waals surface area contributed by atoms with Crippen LogP contribution in [0, 0.1) is 18.8 Å². The summed E-state index contributed by atoms with van der Waals surface area (Å²) in [6, 6.07) is 1.68. The molecule has 7 heteroatoms. The molecule has 25 heavy (non-hydrogen) atoms. The topological polar surface area (TPSA) is 98.4 Å². The first kappa shape index (κ1) is 17.8. The van der Waals surface area contributed by atoms with Gasteiger partial charge in [-0.3, -0.25) is 9.59 Å². The van der Waals surface area contributed by atoms with Crippen LogP contribution in [0.3, 0.4) is 0 Å². The van der Waals surface area contributed by atoms with Crippen LogP contribution in [-0.2, 0) is 16.0 Å². The Labute approximate surface area is 148 Å². The summed E-state index contributed by atoms with van der Waals surface area (Å²) < 4.78 is 5.36. The molecule has 0 radical (unpaired) electrons. The van der Waals surface area contributed by atoms with Gasteiger partial charge < -0.3 is 15.4 Å². The van der Waals surface area contributed by atoms with Gasteiger partial charge >= 0.3 is 0 Å². The molecular formula is C18H26N4O3. The molecule has 7 nitrogen and oxygen atoms in total. The number of hydrogen-bond acceptors (Lipinski definition) is 5. The van der Waals surface area contributed by atoms with Crippen LogP contribution in [0.4, 0.5) is 0 Å². The molecule has 2 amide bonds. The first-order valence-corrected chi connectivity index (χ1v) is 9.04. The van der Waals surface area contributed by atoms with Crippen molar-refractivity contribution in [2.24, 2.45) is 17.6 Å². The van der Waals surface area contributed by atoms with Crippen LogP contribution in [0.15, 0.2) is 6.07 Å². The number of carbonyl (C=O) groups excluding carboxylic acids is 2. The number of nitrogens with two attached hydrogens (primary N) is 1. The molecule has 1 aromatic rings. The van der Waals surface area contributed by atoms with Crippen molar-refractivity contribution in [2.45, 2.75) is 39.0 Å². The van der Waals surface area contributed by atoms with Gasteiger partial charge in [-0.15, -0.1) is 0 Å². The summed E-state index contributed by atoms with van der Waals surface area (Å²) in [5.74, 6) is 0.747. The summed E-state index contributed by atoms with van der Waals surface area (Å²) in [7, 11) is 0. The molecule has 1 unspecified atom stereocenters. The van der Waals surface area contributed by atoms with E-state index in [2.05, 4.69) is 9.97 Å². The van der Waals surface area contributed by atoms with Crippen molar-refractivity contribution in [3.63, 3.8) is 0 Å². The third-order valence-electron chi connectivity index (χ3n) is 5.04. The minimum atomic E-state index is -0.535. The molecule has 2 aliphatic heterocycles. The molecule has 1 aromatic heterocycles. The number of piperidine rings is 1. The molecule has 0 bridgehead atoms. The summed E-state index contributed by atoms with van der Waals surface area (Å²) in [5.41, 5.74) is 6.42. The predicted octanol–water partition coefficient (Wildman–Crippen LogP) is 1.09. The number of ether oxygens (including phenoxy) is 1. The Hall–Kier alpha value is -2.02. The monoisotopic (exact) mass is 346 g/mol. The molecule has 2 N–H and O–H groups in total. The van der Waals surface area contributed by atoms with E-state index in [0.29, 0.717) is 25.0 Å². The van der Waals surface area contributed by atoms with E-state index < -0.39 is 5.91 Å². The van der Waals surface area contributed by atoms with Crippen LogP contribution < -0.4 is 5.73 Å². The Morgan fingerprint density at radius 2 is 2.04 bits per heavy atom. The van der Waals surface area contributed by atoms with E-state index in [1.165, 1.54) is 0 Å². The van der Waals surface area contributed by atoms with Crippen LogP contribution in [0.2, 0.25) is 0 Å². The van der Waals surface area contributed by atoms with E-state index >= 15 is 0 Å². The number of carbonyl (C=O) groups is 2. The van der Waals surface area contributed by atoms with E-state index in [1.807, 2.05) is 4.90 Å². The van der Waals surface area contributed by atoms with E-state index in [0.717, 1.165) is 50.9 Å². The average Bonchev–Trinajstić information content (AvgIpc) is 2.61. The van der Waals surface area contributed by atoms with Crippen molar-refractivity contribution >= 4 is 11.8 Å². The zero-order chi connectivity index (χ0) is 17.8. The van der Waals surface area contributed by atoms with Crippen molar-refractivity contribution in [1.29, 1.82) is 0 Å². The van der Waals surface area contributed by atoms with Crippen molar-refractivity contribution < 1.29 is 14.3 Å². The van der Waals surface area contributed by atoms with Crippen LogP contribution >= 0.6 is 0 Å². The van der Waals surface area contributed by atoms with Gasteiger partial charge in [0.25, 0.3) is 5.91 Å². The van der Waals surface area contributed by atoms with Gasteiger partial charge in [0.15, 0.2) is 0 Å². The molecule has 0 aromatic carbocycles. The first-order chi connectivity index (χ1) is 12.0. The van der Waals surface area contributed by atoms with E-state index in [1.54, 1.807) is 13.0 Å². The number of nitrogens with zero attached hydrogens (tertiary/aromatic N) is 3. The van der Waals surface area contributed by atoms with Crippen LogP contribution in [0.5, 0.6) is 0 Å². The summed E-state index contributed by atoms with van der Waals surface area (Å²) in [6.45, 7) is 4.72. The Balaban J connectivity index is 1.63. The second kappa shape index (κ2) is 7.91. The molecule has 0 aliphatic carbocycles. The molecule has 2 saturated heterocycles. The van der Waals surface area contributed by atoms with E-state index in [4.69, 9.17) is 10.5 Å². The highest BCUT2D eigenvalue weighted by Crippen LogP contribution is 2.24. The molecule has 0 spiro atoms. The summed E-state index contributed by atoms with van der Waals surface area (Å²) in [5, 5.41) is 0. The molecule has 3 heterocycles. The van der Waals surface area contributed by atoms with Crippen LogP contribution in [-0.4, -0.2) is 53.0 Å². The number of aromatic nitrogens is 2. The lowest BCUT2D eigenvalue weighted by atomic mass is 9.91. The molecule has 1 atom stereocenters. The normalized spacial score (nSPS) is 22.0. The maximum Gasteiger partial charge on any atom is 0.267 e. The van der Waals surface area contributed by atoms with E-state index in [-0.39, 0.29) is 17.5 Å². The van der Waals surface area contributed by atoms with Gasteiger partial charge in [0.2, 0.25) is 5.91 Å².